The van der Waals surface area contributed by atoms with Crippen LogP contribution in [0.5, 0.6) is 0 Å². The van der Waals surface area contributed by atoms with E-state index in [0.29, 0.717) is 37.3 Å². The molecule has 0 aliphatic carbocycles. The Kier molecular flexibility index (Phi) is 18.4. The number of nitro groups is 3. The first-order valence-corrected chi connectivity index (χ1v) is 23.7. The van der Waals surface area contributed by atoms with Gasteiger partial charge in [0.1, 0.15) is 5.00 Å². The topological polar surface area (TPSA) is 314 Å². The third kappa shape index (κ3) is 13.7. The summed E-state index contributed by atoms with van der Waals surface area (Å²) in [6.07, 6.45) is 0. The standard InChI is InChI=1S/C17H17N5O2S.C10H15N.C7H4N4O6S2.C7H5N3O2S/c1-3-21(4-2)13-7-5-12(6-8-13)18-19-17-15-11-14(22(23)24)9-10-16(15)20-25-17;1-3-11(4-2)10-8-6-5-7-9-10;12-11(13)4-1-2-6-5(3-4)7(18-9-6)8-10-19(15,16)17-14;8-7-5-3-4(10(11)12)1-2-6(5)9-13-7/h5-11H,3-4H2,1-2H3;5-9H,3-4H2,1-2H3;1-3,14H;1-3H,8H2. The third-order valence-corrected chi connectivity index (χ3v) is 12.1. The lowest BCUT2D eigenvalue weighted by molar-refractivity contribution is -0.384. The van der Waals surface area contributed by atoms with Crippen LogP contribution >= 0.6 is 34.6 Å². The van der Waals surface area contributed by atoms with Gasteiger partial charge in [-0.05, 0) is 121 Å². The highest BCUT2D eigenvalue weighted by Gasteiger charge is 2.15. The van der Waals surface area contributed by atoms with E-state index >= 15 is 0 Å². The van der Waals surface area contributed by atoms with Crippen LogP contribution in [0.25, 0.3) is 32.7 Å². The Morgan fingerprint density at radius 1 is 0.588 bits per heavy atom. The first kappa shape index (κ1) is 51.4. The van der Waals surface area contributed by atoms with Crippen molar-refractivity contribution < 1.29 is 32.8 Å². The van der Waals surface area contributed by atoms with E-state index < -0.39 is 25.1 Å². The highest BCUT2D eigenvalue weighted by atomic mass is 32.2. The number of nitrogens with zero attached hydrogens (tertiary/aromatic N) is 12. The Morgan fingerprint density at radius 2 is 1.00 bits per heavy atom. The van der Waals surface area contributed by atoms with Crippen LogP contribution in [-0.2, 0) is 14.6 Å². The van der Waals surface area contributed by atoms with E-state index in [1.165, 1.54) is 59.7 Å². The van der Waals surface area contributed by atoms with Gasteiger partial charge in [-0.3, -0.25) is 30.3 Å². The molecule has 0 amide bonds. The second-order valence-electron chi connectivity index (χ2n) is 13.5. The molecule has 0 bridgehead atoms. The Bertz CT molecular complexity index is 3160. The molecule has 0 saturated carbocycles. The number of non-ortho nitro benzene ring substituents is 3. The number of nitrogen functional groups attached to an aromatic ring is 1. The van der Waals surface area contributed by atoms with Gasteiger partial charge in [0.15, 0.2) is 10.0 Å². The molecule has 354 valence electrons. The minimum absolute atomic E-state index is 0.0210. The van der Waals surface area contributed by atoms with Crippen LogP contribution in [0.4, 0.5) is 49.1 Å². The van der Waals surface area contributed by atoms with E-state index in [1.807, 2.05) is 30.3 Å². The molecule has 0 radical (unpaired) electrons. The number of para-hydroxylation sites is 1. The lowest BCUT2D eigenvalue weighted by Gasteiger charge is -2.20. The quantitative estimate of drug-likeness (QED) is 0.0442. The number of fused-ring (bicyclic) bond motifs is 3. The lowest BCUT2D eigenvalue weighted by Crippen LogP contribution is -2.21. The van der Waals surface area contributed by atoms with Gasteiger partial charge in [-0.15, -0.1) is 15.3 Å². The van der Waals surface area contributed by atoms with Crippen LogP contribution in [0, 0.1) is 30.3 Å². The molecule has 68 heavy (non-hydrogen) atoms. The zero-order chi connectivity index (χ0) is 49.4. The lowest BCUT2D eigenvalue weighted by atomic mass is 10.2. The largest absolute Gasteiger partial charge is 0.425 e. The van der Waals surface area contributed by atoms with Crippen LogP contribution in [0.3, 0.4) is 0 Å². The molecule has 0 unspecified atom stereocenters. The van der Waals surface area contributed by atoms with Gasteiger partial charge in [0.05, 0.1) is 37.0 Å². The Balaban J connectivity index is 0.000000178. The van der Waals surface area contributed by atoms with Crippen molar-refractivity contribution >= 4 is 127 Å². The Hall–Kier alpha value is -7.56. The van der Waals surface area contributed by atoms with E-state index in [1.54, 1.807) is 12.1 Å². The van der Waals surface area contributed by atoms with Gasteiger partial charge in [0.25, 0.3) is 17.1 Å². The van der Waals surface area contributed by atoms with E-state index in [0.717, 1.165) is 60.6 Å². The summed E-state index contributed by atoms with van der Waals surface area (Å²) in [5, 5.41) is 54.4. The van der Waals surface area contributed by atoms with Crippen LogP contribution in [0.1, 0.15) is 27.7 Å². The monoisotopic (exact) mass is 1000 g/mol. The maximum absolute atomic E-state index is 10.9. The fraction of sp³-hybridized carbons (Fsp3) is 0.195. The average molecular weight is 1000 g/mol. The van der Waals surface area contributed by atoms with Crippen molar-refractivity contribution in [3.8, 4) is 0 Å². The molecule has 27 heteroatoms. The van der Waals surface area contributed by atoms with E-state index in [2.05, 4.69) is 99.1 Å². The van der Waals surface area contributed by atoms with Gasteiger partial charge in [-0.1, -0.05) is 22.5 Å². The van der Waals surface area contributed by atoms with Gasteiger partial charge in [-0.25, -0.2) is 5.26 Å². The summed E-state index contributed by atoms with van der Waals surface area (Å²) in [6.45, 7) is 12.6. The number of benzene rings is 5. The minimum atomic E-state index is -4.53. The van der Waals surface area contributed by atoms with Crippen molar-refractivity contribution in [3.63, 3.8) is 0 Å². The first-order chi connectivity index (χ1) is 32.6. The molecule has 5 aromatic carbocycles. The van der Waals surface area contributed by atoms with Crippen LogP contribution < -0.4 is 15.5 Å². The molecule has 0 aliphatic heterocycles. The molecule has 0 saturated heterocycles. The fourth-order valence-corrected chi connectivity index (χ4v) is 8.27. The summed E-state index contributed by atoms with van der Waals surface area (Å²) in [5.41, 5.74) is 10.4. The molecule has 23 nitrogen and oxygen atoms in total. The van der Waals surface area contributed by atoms with Crippen molar-refractivity contribution in [2.75, 3.05) is 41.7 Å². The third-order valence-electron chi connectivity index (χ3n) is 9.45. The number of hydrogen-bond acceptors (Lipinski definition) is 22. The summed E-state index contributed by atoms with van der Waals surface area (Å²) < 4.78 is 39.5. The zero-order valence-electron chi connectivity index (χ0n) is 36.4. The average Bonchev–Trinajstić information content (AvgIpc) is 4.08. The summed E-state index contributed by atoms with van der Waals surface area (Å²) >= 11 is 3.12. The SMILES string of the molecule is CCN(CC)c1ccc(N=Nc2snc3ccc([N+](=O)[O-])cc23)cc1.CCN(CC)c1ccccc1.Nc1snc2ccc([N+](=O)[O-])cc12.O=[N+]([O-])c1ccc2nsc(N=NS(=O)(=O)OO)c2c1. The summed E-state index contributed by atoms with van der Waals surface area (Å²) in [5.74, 6) is 0. The normalized spacial score (nSPS) is 11.1. The van der Waals surface area contributed by atoms with Crippen LogP contribution in [-0.4, -0.2) is 67.7 Å². The number of rotatable bonds is 14. The highest BCUT2D eigenvalue weighted by molar-refractivity contribution is 7.85. The molecule has 3 N–H and O–H groups in total. The molecule has 0 spiro atoms. The van der Waals surface area contributed by atoms with Gasteiger partial charge in [0.2, 0.25) is 0 Å². The molecule has 0 aliphatic rings. The molecule has 8 rings (SSSR count). The van der Waals surface area contributed by atoms with E-state index in [9.17, 15) is 38.8 Å². The van der Waals surface area contributed by atoms with Gasteiger partial charge < -0.3 is 15.5 Å². The number of nitro benzene ring substituents is 3. The fourth-order valence-electron chi connectivity index (χ4n) is 6.02. The van der Waals surface area contributed by atoms with Gasteiger partial charge >= 0.3 is 10.3 Å². The summed E-state index contributed by atoms with van der Waals surface area (Å²) in [7, 11) is -4.53. The highest BCUT2D eigenvalue weighted by Crippen LogP contribution is 2.35. The van der Waals surface area contributed by atoms with E-state index in [4.69, 9.17) is 11.0 Å². The number of nitrogens with two attached hydrogens (primary N) is 1. The maximum Gasteiger partial charge on any atom is 0.425 e. The molecule has 8 aromatic rings. The van der Waals surface area contributed by atoms with Crippen molar-refractivity contribution in [1.82, 2.24) is 13.1 Å². The van der Waals surface area contributed by atoms with Crippen molar-refractivity contribution in [1.29, 1.82) is 0 Å². The van der Waals surface area contributed by atoms with Crippen molar-refractivity contribution in [2.24, 2.45) is 19.9 Å². The van der Waals surface area contributed by atoms with Crippen molar-refractivity contribution in [2.45, 2.75) is 27.7 Å². The molecular formula is C41H41N13O10S4. The Labute approximate surface area is 399 Å². The first-order valence-electron chi connectivity index (χ1n) is 20.1. The predicted molar refractivity (Wildman–Crippen MR) is 265 cm³/mol. The van der Waals surface area contributed by atoms with E-state index in [-0.39, 0.29) is 27.4 Å². The molecule has 3 aromatic heterocycles. The van der Waals surface area contributed by atoms with Crippen LogP contribution in [0.2, 0.25) is 0 Å². The molecule has 3 heterocycles. The molecular weight excluding hydrogens is 963 g/mol. The molecule has 0 atom stereocenters. The van der Waals surface area contributed by atoms with Crippen molar-refractivity contribution in [3.05, 3.63) is 140 Å². The second kappa shape index (κ2) is 24.3. The number of aromatic nitrogens is 3. The number of hydrogen-bond donors (Lipinski definition) is 2. The molecule has 0 fully saturated rings. The Morgan fingerprint density at radius 3 is 1.44 bits per heavy atom. The smallest absolute Gasteiger partial charge is 0.389 e. The predicted octanol–water partition coefficient (Wildman–Crippen LogP) is 11.8. The van der Waals surface area contributed by atoms with Gasteiger partial charge in [-0.2, -0.15) is 21.5 Å². The minimum Gasteiger partial charge on any atom is -0.389 e. The van der Waals surface area contributed by atoms with Gasteiger partial charge in [0, 0.05) is 90.1 Å². The number of anilines is 3. The second-order valence-corrected chi connectivity index (χ2v) is 17.0. The summed E-state index contributed by atoms with van der Waals surface area (Å²) in [4.78, 5) is 35.1. The zero-order valence-corrected chi connectivity index (χ0v) is 39.7. The summed E-state index contributed by atoms with van der Waals surface area (Å²) in [6, 6.07) is 31.2. The maximum atomic E-state index is 10.9. The number of azo groups is 1. The van der Waals surface area contributed by atoms with Crippen LogP contribution in [0.15, 0.2) is 129 Å².